The van der Waals surface area contributed by atoms with E-state index in [1.54, 1.807) is 0 Å². The standard InChI is InChI=1S/C15H27N5/c1-12-17-14(16-9-6-10-20(2)3)11-15(18-12)19-13-7-4-5-8-13/h11,13H,4-10H2,1-3H3,(H2,16,17,18,19). The second kappa shape index (κ2) is 7.43. The van der Waals surface area contributed by atoms with Crippen LogP contribution in [-0.4, -0.2) is 48.1 Å². The number of hydrogen-bond acceptors (Lipinski definition) is 5. The summed E-state index contributed by atoms with van der Waals surface area (Å²) in [4.78, 5) is 11.1. The summed E-state index contributed by atoms with van der Waals surface area (Å²) in [6.07, 6.45) is 6.29. The van der Waals surface area contributed by atoms with E-state index in [1.807, 2.05) is 13.0 Å². The van der Waals surface area contributed by atoms with Gasteiger partial charge in [-0.1, -0.05) is 12.8 Å². The predicted molar refractivity (Wildman–Crippen MR) is 84.3 cm³/mol. The molecule has 1 fully saturated rings. The first-order valence-electron chi connectivity index (χ1n) is 7.64. The van der Waals surface area contributed by atoms with Gasteiger partial charge in [0, 0.05) is 18.7 Å². The van der Waals surface area contributed by atoms with Crippen LogP contribution in [0.1, 0.15) is 37.9 Å². The lowest BCUT2D eigenvalue weighted by Gasteiger charge is -2.15. The zero-order chi connectivity index (χ0) is 14.4. The summed E-state index contributed by atoms with van der Waals surface area (Å²) in [5.74, 6) is 2.71. The largest absolute Gasteiger partial charge is 0.370 e. The fraction of sp³-hybridized carbons (Fsp3) is 0.733. The Balaban J connectivity index is 1.86. The highest BCUT2D eigenvalue weighted by Gasteiger charge is 2.15. The molecular formula is C15H27N5. The van der Waals surface area contributed by atoms with Gasteiger partial charge in [0.1, 0.15) is 17.5 Å². The normalized spacial score (nSPS) is 15.8. The van der Waals surface area contributed by atoms with Crippen molar-refractivity contribution in [2.75, 3.05) is 37.8 Å². The number of anilines is 2. The minimum Gasteiger partial charge on any atom is -0.370 e. The molecule has 0 spiro atoms. The van der Waals surface area contributed by atoms with Crippen LogP contribution in [0, 0.1) is 6.92 Å². The lowest BCUT2D eigenvalue weighted by Crippen LogP contribution is -2.18. The fourth-order valence-corrected chi connectivity index (χ4v) is 2.62. The average molecular weight is 277 g/mol. The predicted octanol–water partition coefficient (Wildman–Crippen LogP) is 2.50. The summed E-state index contributed by atoms with van der Waals surface area (Å²) in [5.41, 5.74) is 0. The van der Waals surface area contributed by atoms with Crippen molar-refractivity contribution in [1.82, 2.24) is 14.9 Å². The fourth-order valence-electron chi connectivity index (χ4n) is 2.62. The summed E-state index contributed by atoms with van der Waals surface area (Å²) in [6, 6.07) is 2.62. The van der Waals surface area contributed by atoms with Crippen LogP contribution >= 0.6 is 0 Å². The van der Waals surface area contributed by atoms with Crippen molar-refractivity contribution in [2.24, 2.45) is 0 Å². The number of aryl methyl sites for hydroxylation is 1. The van der Waals surface area contributed by atoms with E-state index >= 15 is 0 Å². The second-order valence-corrected chi connectivity index (χ2v) is 5.89. The quantitative estimate of drug-likeness (QED) is 0.750. The average Bonchev–Trinajstić information content (AvgIpc) is 2.86. The maximum absolute atomic E-state index is 4.48. The van der Waals surface area contributed by atoms with Gasteiger partial charge in [0.25, 0.3) is 0 Å². The molecule has 0 atom stereocenters. The van der Waals surface area contributed by atoms with Crippen molar-refractivity contribution in [3.8, 4) is 0 Å². The summed E-state index contributed by atoms with van der Waals surface area (Å²) in [7, 11) is 4.19. The Morgan fingerprint density at radius 2 is 1.90 bits per heavy atom. The molecule has 0 radical (unpaired) electrons. The Morgan fingerprint density at radius 1 is 1.20 bits per heavy atom. The smallest absolute Gasteiger partial charge is 0.132 e. The zero-order valence-electron chi connectivity index (χ0n) is 12.9. The highest BCUT2D eigenvalue weighted by Crippen LogP contribution is 2.22. The topological polar surface area (TPSA) is 53.1 Å². The molecule has 1 saturated carbocycles. The molecule has 1 aliphatic rings. The van der Waals surface area contributed by atoms with Gasteiger partial charge in [0.2, 0.25) is 0 Å². The molecule has 0 bridgehead atoms. The van der Waals surface area contributed by atoms with Crippen LogP contribution in [-0.2, 0) is 0 Å². The van der Waals surface area contributed by atoms with E-state index in [4.69, 9.17) is 0 Å². The Morgan fingerprint density at radius 3 is 2.60 bits per heavy atom. The third kappa shape index (κ3) is 4.96. The van der Waals surface area contributed by atoms with Crippen LogP contribution in [0.5, 0.6) is 0 Å². The van der Waals surface area contributed by atoms with E-state index in [9.17, 15) is 0 Å². The first-order valence-corrected chi connectivity index (χ1v) is 7.64. The first kappa shape index (κ1) is 15.0. The molecule has 0 aromatic carbocycles. The van der Waals surface area contributed by atoms with Gasteiger partial charge in [-0.3, -0.25) is 0 Å². The maximum Gasteiger partial charge on any atom is 0.132 e. The molecule has 2 N–H and O–H groups in total. The molecule has 0 saturated heterocycles. The van der Waals surface area contributed by atoms with E-state index in [-0.39, 0.29) is 0 Å². The molecule has 20 heavy (non-hydrogen) atoms. The van der Waals surface area contributed by atoms with Crippen molar-refractivity contribution < 1.29 is 0 Å². The lowest BCUT2D eigenvalue weighted by atomic mass is 10.2. The van der Waals surface area contributed by atoms with Crippen LogP contribution in [0.3, 0.4) is 0 Å². The monoisotopic (exact) mass is 277 g/mol. The third-order valence-electron chi connectivity index (χ3n) is 3.63. The third-order valence-corrected chi connectivity index (χ3v) is 3.63. The number of nitrogens with one attached hydrogen (secondary N) is 2. The molecule has 1 aliphatic carbocycles. The number of nitrogens with zero attached hydrogens (tertiary/aromatic N) is 3. The molecule has 2 rings (SSSR count). The molecule has 0 unspecified atom stereocenters. The van der Waals surface area contributed by atoms with Gasteiger partial charge in [-0.15, -0.1) is 0 Å². The van der Waals surface area contributed by atoms with Gasteiger partial charge in [-0.25, -0.2) is 9.97 Å². The van der Waals surface area contributed by atoms with Crippen molar-refractivity contribution in [2.45, 2.75) is 45.1 Å². The molecule has 1 heterocycles. The van der Waals surface area contributed by atoms with Crippen LogP contribution in [0.25, 0.3) is 0 Å². The highest BCUT2D eigenvalue weighted by molar-refractivity contribution is 5.48. The Bertz CT molecular complexity index is 413. The molecule has 0 amide bonds. The van der Waals surface area contributed by atoms with E-state index in [0.29, 0.717) is 6.04 Å². The number of rotatable bonds is 7. The van der Waals surface area contributed by atoms with E-state index in [2.05, 4.69) is 39.6 Å². The number of hydrogen-bond donors (Lipinski definition) is 2. The van der Waals surface area contributed by atoms with Gasteiger partial charge in [0.05, 0.1) is 0 Å². The number of aromatic nitrogens is 2. The summed E-state index contributed by atoms with van der Waals surface area (Å²) in [5, 5.41) is 6.92. The Kier molecular flexibility index (Phi) is 5.59. The summed E-state index contributed by atoms with van der Waals surface area (Å²) < 4.78 is 0. The minimum atomic E-state index is 0.589. The lowest BCUT2D eigenvalue weighted by molar-refractivity contribution is 0.405. The molecule has 1 aromatic rings. The van der Waals surface area contributed by atoms with Gasteiger partial charge in [0.15, 0.2) is 0 Å². The molecule has 112 valence electrons. The van der Waals surface area contributed by atoms with Crippen LogP contribution in [0.4, 0.5) is 11.6 Å². The second-order valence-electron chi connectivity index (χ2n) is 5.89. The van der Waals surface area contributed by atoms with Crippen molar-refractivity contribution in [3.63, 3.8) is 0 Å². The van der Waals surface area contributed by atoms with Crippen molar-refractivity contribution in [1.29, 1.82) is 0 Å². The minimum absolute atomic E-state index is 0.589. The maximum atomic E-state index is 4.48. The van der Waals surface area contributed by atoms with E-state index < -0.39 is 0 Å². The van der Waals surface area contributed by atoms with Gasteiger partial charge < -0.3 is 15.5 Å². The molecule has 5 nitrogen and oxygen atoms in total. The van der Waals surface area contributed by atoms with Gasteiger partial charge in [-0.2, -0.15) is 0 Å². The molecule has 5 heteroatoms. The first-order chi connectivity index (χ1) is 9.63. The van der Waals surface area contributed by atoms with Crippen LogP contribution < -0.4 is 10.6 Å². The van der Waals surface area contributed by atoms with Gasteiger partial charge in [-0.05, 0) is 46.8 Å². The van der Waals surface area contributed by atoms with E-state index in [0.717, 1.165) is 37.0 Å². The molecule has 1 aromatic heterocycles. The SMILES string of the molecule is Cc1nc(NCCCN(C)C)cc(NC2CCCC2)n1. The molecule has 0 aliphatic heterocycles. The van der Waals surface area contributed by atoms with Crippen molar-refractivity contribution in [3.05, 3.63) is 11.9 Å². The Labute approximate surface area is 122 Å². The molecular weight excluding hydrogens is 250 g/mol. The Hall–Kier alpha value is -1.36. The summed E-state index contributed by atoms with van der Waals surface area (Å²) in [6.45, 7) is 3.98. The van der Waals surface area contributed by atoms with E-state index in [1.165, 1.54) is 25.7 Å². The zero-order valence-corrected chi connectivity index (χ0v) is 12.9. The van der Waals surface area contributed by atoms with Crippen molar-refractivity contribution >= 4 is 11.6 Å². The van der Waals surface area contributed by atoms with Crippen LogP contribution in [0.2, 0.25) is 0 Å². The summed E-state index contributed by atoms with van der Waals surface area (Å²) >= 11 is 0. The highest BCUT2D eigenvalue weighted by atomic mass is 15.1. The van der Waals surface area contributed by atoms with Gasteiger partial charge >= 0.3 is 0 Å². The van der Waals surface area contributed by atoms with Crippen LogP contribution in [0.15, 0.2) is 6.07 Å².